The van der Waals surface area contributed by atoms with Gasteiger partial charge in [0.2, 0.25) is 5.91 Å². The minimum absolute atomic E-state index is 0.0204. The maximum atomic E-state index is 12.4. The molecule has 1 unspecified atom stereocenters. The number of carboxylic acid groups (broad SMARTS) is 1. The largest absolute Gasteiger partial charge is 0.481 e. The van der Waals surface area contributed by atoms with E-state index in [1.807, 2.05) is 31.2 Å². The van der Waals surface area contributed by atoms with E-state index in [9.17, 15) is 19.5 Å². The van der Waals surface area contributed by atoms with Gasteiger partial charge in [0, 0.05) is 24.4 Å². The van der Waals surface area contributed by atoms with E-state index in [0.717, 1.165) is 6.42 Å². The van der Waals surface area contributed by atoms with E-state index in [-0.39, 0.29) is 30.4 Å². The van der Waals surface area contributed by atoms with Crippen molar-refractivity contribution in [1.82, 2.24) is 10.6 Å². The molecule has 7 nitrogen and oxygen atoms in total. The Morgan fingerprint density at radius 2 is 1.68 bits per heavy atom. The summed E-state index contributed by atoms with van der Waals surface area (Å²) in [5, 5.41) is 14.9. The van der Waals surface area contributed by atoms with Gasteiger partial charge in [0.05, 0.1) is 5.92 Å². The van der Waals surface area contributed by atoms with Gasteiger partial charge in [-0.05, 0) is 47.9 Å². The van der Waals surface area contributed by atoms with Gasteiger partial charge in [-0.25, -0.2) is 4.79 Å². The van der Waals surface area contributed by atoms with Crippen LogP contribution in [0.5, 0.6) is 0 Å². The first kappa shape index (κ1) is 23.8. The number of hydrogen-bond donors (Lipinski definition) is 3. The van der Waals surface area contributed by atoms with Crippen LogP contribution in [0.25, 0.3) is 11.1 Å². The molecule has 0 aromatic heterocycles. The highest BCUT2D eigenvalue weighted by atomic mass is 16.5. The molecule has 0 aliphatic heterocycles. The summed E-state index contributed by atoms with van der Waals surface area (Å²) in [5.41, 5.74) is 4.71. The number of nitrogens with one attached hydrogen (secondary N) is 2. The van der Waals surface area contributed by atoms with Crippen LogP contribution in [0.2, 0.25) is 0 Å². The van der Waals surface area contributed by atoms with E-state index in [4.69, 9.17) is 4.74 Å². The van der Waals surface area contributed by atoms with Gasteiger partial charge in [-0.15, -0.1) is 0 Å². The van der Waals surface area contributed by atoms with Gasteiger partial charge in [0.25, 0.3) is 0 Å². The third kappa shape index (κ3) is 5.24. The molecule has 0 bridgehead atoms. The summed E-state index contributed by atoms with van der Waals surface area (Å²) in [5.74, 6) is -1.69. The quantitative estimate of drug-likeness (QED) is 0.480. The van der Waals surface area contributed by atoms with Crippen molar-refractivity contribution in [2.75, 3.05) is 13.2 Å². The number of carbonyl (C=O) groups is 3. The summed E-state index contributed by atoms with van der Waals surface area (Å²) in [6, 6.07) is 16.1. The minimum Gasteiger partial charge on any atom is -0.481 e. The minimum atomic E-state index is -0.845. The highest BCUT2D eigenvalue weighted by Gasteiger charge is 2.34. The van der Waals surface area contributed by atoms with Crippen molar-refractivity contribution in [3.63, 3.8) is 0 Å². The molecule has 2 aromatic rings. The Bertz CT molecular complexity index is 1010. The second-order valence-corrected chi connectivity index (χ2v) is 9.29. The number of rotatable bonds is 9. The third-order valence-corrected chi connectivity index (χ3v) is 7.04. The van der Waals surface area contributed by atoms with Crippen molar-refractivity contribution in [1.29, 1.82) is 0 Å². The molecular formula is C27H32N2O5. The van der Waals surface area contributed by atoms with Crippen molar-refractivity contribution in [3.8, 4) is 11.1 Å². The number of alkyl carbamates (subject to hydrolysis) is 1. The second kappa shape index (κ2) is 10.7. The monoisotopic (exact) mass is 464 g/mol. The van der Waals surface area contributed by atoms with Crippen LogP contribution in [0.1, 0.15) is 56.1 Å². The number of aliphatic carboxylic acids is 1. The van der Waals surface area contributed by atoms with E-state index >= 15 is 0 Å². The standard InChI is InChI=1S/C27H32N2O5/c1-17(25(30)29-24-14-6-13-22(24)26(31)32)8-7-15-28-27(33)34-16-23-20-11-4-2-9-18(20)19-10-3-5-12-21(19)23/h2-5,9-12,17,22-24H,6-8,13-16H2,1H3,(H,28,33)(H,29,30)(H,31,32)/t17?,22-,24+/m0/s1. The second-order valence-electron chi connectivity index (χ2n) is 9.29. The molecule has 0 heterocycles. The van der Waals surface area contributed by atoms with E-state index in [0.29, 0.717) is 32.2 Å². The van der Waals surface area contributed by atoms with E-state index in [2.05, 4.69) is 34.9 Å². The molecule has 2 aromatic carbocycles. The van der Waals surface area contributed by atoms with Crippen LogP contribution in [-0.4, -0.2) is 42.3 Å². The van der Waals surface area contributed by atoms with Crippen molar-refractivity contribution < 1.29 is 24.2 Å². The van der Waals surface area contributed by atoms with E-state index in [1.54, 1.807) is 0 Å². The van der Waals surface area contributed by atoms with Gasteiger partial charge >= 0.3 is 12.1 Å². The molecule has 180 valence electrons. The zero-order valence-corrected chi connectivity index (χ0v) is 19.5. The fourth-order valence-corrected chi connectivity index (χ4v) is 5.13. The fraction of sp³-hybridized carbons (Fsp3) is 0.444. The molecular weight excluding hydrogens is 432 g/mol. The molecule has 1 fully saturated rings. The zero-order chi connectivity index (χ0) is 24.1. The molecule has 0 radical (unpaired) electrons. The van der Waals surface area contributed by atoms with Gasteiger partial charge < -0.3 is 20.5 Å². The first-order chi connectivity index (χ1) is 16.5. The first-order valence-corrected chi connectivity index (χ1v) is 12.1. The SMILES string of the molecule is CC(CCCNC(=O)OCC1c2ccccc2-c2ccccc21)C(=O)N[C@@H]1CCC[C@@H]1C(=O)O. The van der Waals surface area contributed by atoms with Crippen LogP contribution in [0.15, 0.2) is 48.5 Å². The molecule has 3 N–H and O–H groups in total. The van der Waals surface area contributed by atoms with Gasteiger partial charge in [-0.3, -0.25) is 9.59 Å². The lowest BCUT2D eigenvalue weighted by molar-refractivity contribution is -0.142. The van der Waals surface area contributed by atoms with Crippen LogP contribution >= 0.6 is 0 Å². The number of fused-ring (bicyclic) bond motifs is 3. The molecule has 4 rings (SSSR count). The van der Waals surface area contributed by atoms with Crippen LogP contribution < -0.4 is 10.6 Å². The Morgan fingerprint density at radius 1 is 1.03 bits per heavy atom. The molecule has 3 atom stereocenters. The molecule has 0 saturated heterocycles. The van der Waals surface area contributed by atoms with Gasteiger partial charge in [0.15, 0.2) is 0 Å². The number of benzene rings is 2. The lowest BCUT2D eigenvalue weighted by Crippen LogP contribution is -2.42. The van der Waals surface area contributed by atoms with E-state index < -0.39 is 18.0 Å². The summed E-state index contributed by atoms with van der Waals surface area (Å²) in [7, 11) is 0. The number of carbonyl (C=O) groups excluding carboxylic acids is 2. The molecule has 0 spiro atoms. The van der Waals surface area contributed by atoms with Crippen LogP contribution in [-0.2, 0) is 14.3 Å². The molecule has 2 amide bonds. The Kier molecular flexibility index (Phi) is 7.50. The predicted molar refractivity (Wildman–Crippen MR) is 128 cm³/mol. The maximum Gasteiger partial charge on any atom is 0.407 e. The number of amides is 2. The Labute approximate surface area is 199 Å². The van der Waals surface area contributed by atoms with Crippen molar-refractivity contribution in [2.24, 2.45) is 11.8 Å². The summed E-state index contributed by atoms with van der Waals surface area (Å²) < 4.78 is 5.53. The summed E-state index contributed by atoms with van der Waals surface area (Å²) in [4.78, 5) is 36.0. The van der Waals surface area contributed by atoms with Gasteiger partial charge in [-0.1, -0.05) is 61.9 Å². The zero-order valence-electron chi connectivity index (χ0n) is 19.5. The average molecular weight is 465 g/mol. The maximum absolute atomic E-state index is 12.4. The molecule has 2 aliphatic rings. The molecule has 1 saturated carbocycles. The fourth-order valence-electron chi connectivity index (χ4n) is 5.13. The molecule has 34 heavy (non-hydrogen) atoms. The highest BCUT2D eigenvalue weighted by molar-refractivity contribution is 5.80. The third-order valence-electron chi connectivity index (χ3n) is 7.04. The van der Waals surface area contributed by atoms with Crippen molar-refractivity contribution in [2.45, 2.75) is 51.0 Å². The predicted octanol–water partition coefficient (Wildman–Crippen LogP) is 4.31. The summed E-state index contributed by atoms with van der Waals surface area (Å²) in [6.07, 6.45) is 2.90. The van der Waals surface area contributed by atoms with Crippen LogP contribution in [0, 0.1) is 11.8 Å². The summed E-state index contributed by atoms with van der Waals surface area (Å²) in [6.45, 7) is 2.51. The Hall–Kier alpha value is -3.35. The lowest BCUT2D eigenvalue weighted by Gasteiger charge is -2.20. The molecule has 2 aliphatic carbocycles. The smallest absolute Gasteiger partial charge is 0.407 e. The molecule has 7 heteroatoms. The average Bonchev–Trinajstić information content (AvgIpc) is 3.43. The summed E-state index contributed by atoms with van der Waals surface area (Å²) >= 11 is 0. The number of hydrogen-bond acceptors (Lipinski definition) is 4. The normalized spacial score (nSPS) is 19.7. The number of carboxylic acids is 1. The first-order valence-electron chi connectivity index (χ1n) is 12.1. The number of ether oxygens (including phenoxy) is 1. The Morgan fingerprint density at radius 3 is 2.32 bits per heavy atom. The lowest BCUT2D eigenvalue weighted by atomic mass is 9.98. The van der Waals surface area contributed by atoms with Crippen LogP contribution in [0.4, 0.5) is 4.79 Å². The topological polar surface area (TPSA) is 105 Å². The van der Waals surface area contributed by atoms with Gasteiger partial charge in [0.1, 0.15) is 6.61 Å². The highest BCUT2D eigenvalue weighted by Crippen LogP contribution is 2.44. The van der Waals surface area contributed by atoms with E-state index in [1.165, 1.54) is 22.3 Å². The Balaban J connectivity index is 1.18. The van der Waals surface area contributed by atoms with Crippen molar-refractivity contribution in [3.05, 3.63) is 59.7 Å². The van der Waals surface area contributed by atoms with Gasteiger partial charge in [-0.2, -0.15) is 0 Å². The van der Waals surface area contributed by atoms with Crippen LogP contribution in [0.3, 0.4) is 0 Å². The van der Waals surface area contributed by atoms with Crippen molar-refractivity contribution >= 4 is 18.0 Å².